The Morgan fingerprint density at radius 2 is 1.31 bits per heavy atom. The molecular formula is C28H10Br3ClF4N2O4. The number of halogens is 8. The minimum atomic E-state index is -2.22. The average molecular weight is 790 g/mol. The monoisotopic (exact) mass is 786 g/mol. The van der Waals surface area contributed by atoms with Crippen LogP contribution < -0.4 is 4.90 Å². The lowest BCUT2D eigenvalue weighted by Crippen LogP contribution is -2.30. The number of hydrogen-bond donors (Lipinski definition) is 0. The summed E-state index contributed by atoms with van der Waals surface area (Å²) in [6.07, 6.45) is 0. The molecule has 6 rings (SSSR count). The third kappa shape index (κ3) is 3.69. The summed E-state index contributed by atoms with van der Waals surface area (Å²) in [5.74, 6) is -14.2. The molecule has 0 unspecified atom stereocenters. The first-order valence-electron chi connectivity index (χ1n) is 11.8. The summed E-state index contributed by atoms with van der Waals surface area (Å²) < 4.78 is 58.1. The van der Waals surface area contributed by atoms with Gasteiger partial charge >= 0.3 is 0 Å². The van der Waals surface area contributed by atoms with Crippen LogP contribution in [-0.4, -0.2) is 28.4 Å². The molecular weight excluding hydrogens is 779 g/mol. The van der Waals surface area contributed by atoms with Crippen molar-refractivity contribution >= 4 is 99.4 Å². The van der Waals surface area contributed by atoms with Gasteiger partial charge in [-0.15, -0.1) is 0 Å². The molecule has 1 aliphatic carbocycles. The number of benzene rings is 3. The van der Waals surface area contributed by atoms with Gasteiger partial charge in [-0.25, -0.2) is 27.4 Å². The number of pyridine rings is 1. The minimum absolute atomic E-state index is 0.0115. The fraction of sp³-hybridized carbons (Fsp3) is 0.107. The number of carbonyl (C=O) groups excluding carboxylic acids is 4. The van der Waals surface area contributed by atoms with Gasteiger partial charge in [0.15, 0.2) is 34.8 Å². The van der Waals surface area contributed by atoms with E-state index < -0.39 is 63.7 Å². The van der Waals surface area contributed by atoms with Crippen molar-refractivity contribution in [2.75, 3.05) is 4.90 Å². The van der Waals surface area contributed by atoms with Crippen LogP contribution in [0.15, 0.2) is 31.6 Å². The molecule has 0 fully saturated rings. The highest BCUT2D eigenvalue weighted by Gasteiger charge is 2.47. The number of anilines is 1. The van der Waals surface area contributed by atoms with E-state index >= 15 is 0 Å². The van der Waals surface area contributed by atoms with Crippen molar-refractivity contribution in [1.29, 1.82) is 0 Å². The molecule has 0 atom stereocenters. The van der Waals surface area contributed by atoms with E-state index in [4.69, 9.17) is 11.6 Å². The molecule has 0 bridgehead atoms. The van der Waals surface area contributed by atoms with E-state index in [0.717, 1.165) is 4.90 Å². The molecule has 3 aromatic carbocycles. The molecule has 2 heterocycles. The minimum Gasteiger partial charge on any atom is -0.293 e. The van der Waals surface area contributed by atoms with Gasteiger partial charge in [0.1, 0.15) is 5.92 Å². The molecule has 42 heavy (non-hydrogen) atoms. The SMILES string of the molecule is Cc1cc(Cl)c2nc(C3C(=O)c4c(F)c(F)c(F)c(F)c4C3=O)ccc2c1N1C(=O)c2c(C)c(Br)c(Br)c(Br)c2C1=O. The number of fused-ring (bicyclic) bond motifs is 3. The number of imide groups is 1. The van der Waals surface area contributed by atoms with Crippen LogP contribution in [0.4, 0.5) is 23.2 Å². The molecule has 0 spiro atoms. The summed E-state index contributed by atoms with van der Waals surface area (Å²) in [4.78, 5) is 58.7. The largest absolute Gasteiger partial charge is 0.293 e. The molecule has 1 aliphatic heterocycles. The summed E-state index contributed by atoms with van der Waals surface area (Å²) in [5.41, 5.74) is -1.40. The molecule has 0 saturated carbocycles. The summed E-state index contributed by atoms with van der Waals surface area (Å²) in [6, 6.07) is 3.95. The zero-order valence-corrected chi connectivity index (χ0v) is 26.4. The number of ketones is 2. The maximum Gasteiger partial charge on any atom is 0.267 e. The fourth-order valence-electron chi connectivity index (χ4n) is 5.38. The van der Waals surface area contributed by atoms with Crippen molar-refractivity contribution in [2.24, 2.45) is 0 Å². The van der Waals surface area contributed by atoms with Gasteiger partial charge in [-0.2, -0.15) is 0 Å². The number of hydrogen-bond acceptors (Lipinski definition) is 5. The Morgan fingerprint density at radius 1 is 0.762 bits per heavy atom. The Balaban J connectivity index is 1.53. The number of amides is 2. The van der Waals surface area contributed by atoms with E-state index in [2.05, 4.69) is 52.8 Å². The van der Waals surface area contributed by atoms with Crippen molar-refractivity contribution in [3.63, 3.8) is 0 Å². The molecule has 6 nitrogen and oxygen atoms in total. The normalized spacial score (nSPS) is 15.0. The molecule has 4 aromatic rings. The van der Waals surface area contributed by atoms with Gasteiger partial charge in [0.2, 0.25) is 0 Å². The number of rotatable bonds is 2. The van der Waals surface area contributed by atoms with Crippen LogP contribution in [0.2, 0.25) is 5.02 Å². The summed E-state index contributed by atoms with van der Waals surface area (Å²) in [6.45, 7) is 3.29. The van der Waals surface area contributed by atoms with Gasteiger partial charge in [-0.05, 0) is 91.0 Å². The van der Waals surface area contributed by atoms with Crippen LogP contribution in [0.3, 0.4) is 0 Å². The standard InChI is InChI=1S/C28H10Br3ClF4N2O4/c1-6-5-9(32)23-8(24(6)38-27(41)11-7(2)16(29)18(31)17(30)13(11)28(38)42)3-4-10(37-23)12-25(39)14-15(26(12)40)20(34)22(36)21(35)19(14)33/h3-5,12H,1-2H3. The van der Waals surface area contributed by atoms with Crippen molar-refractivity contribution in [2.45, 2.75) is 19.8 Å². The first kappa shape index (κ1) is 29.1. The predicted octanol–water partition coefficient (Wildman–Crippen LogP) is 8.31. The predicted molar refractivity (Wildman–Crippen MR) is 155 cm³/mol. The van der Waals surface area contributed by atoms with Crippen LogP contribution in [-0.2, 0) is 0 Å². The second-order valence-electron chi connectivity index (χ2n) is 9.59. The number of aryl methyl sites for hydroxylation is 1. The lowest BCUT2D eigenvalue weighted by atomic mass is 9.97. The maximum atomic E-state index is 14.5. The quantitative estimate of drug-likeness (QED) is 0.0671. The second-order valence-corrected chi connectivity index (χ2v) is 12.4. The first-order chi connectivity index (χ1) is 19.7. The topological polar surface area (TPSA) is 84.4 Å². The van der Waals surface area contributed by atoms with E-state index in [9.17, 15) is 36.7 Å². The van der Waals surface area contributed by atoms with E-state index in [1.807, 2.05) is 0 Å². The Bertz CT molecular complexity index is 1960. The number of carbonyl (C=O) groups is 4. The van der Waals surface area contributed by atoms with Crippen LogP contribution in [0.5, 0.6) is 0 Å². The molecule has 2 amide bonds. The lowest BCUT2D eigenvalue weighted by Gasteiger charge is -2.20. The Hall–Kier alpha value is -3.00. The summed E-state index contributed by atoms with van der Waals surface area (Å²) in [7, 11) is 0. The second kappa shape index (κ2) is 9.76. The first-order valence-corrected chi connectivity index (χ1v) is 14.6. The third-order valence-electron chi connectivity index (χ3n) is 7.31. The lowest BCUT2D eigenvalue weighted by molar-refractivity contribution is 0.0880. The van der Waals surface area contributed by atoms with E-state index in [-0.39, 0.29) is 38.4 Å². The Morgan fingerprint density at radius 3 is 1.88 bits per heavy atom. The summed E-state index contributed by atoms with van der Waals surface area (Å²) in [5, 5.41) is 0.201. The van der Waals surface area contributed by atoms with Crippen LogP contribution in [0, 0.1) is 37.1 Å². The van der Waals surface area contributed by atoms with Gasteiger partial charge < -0.3 is 0 Å². The third-order valence-corrected chi connectivity index (χ3v) is 11.2. The number of Topliss-reactive ketones (excluding diaryl/α,β-unsaturated/α-hetero) is 2. The molecule has 1 aromatic heterocycles. The Kier molecular flexibility index (Phi) is 6.76. The van der Waals surface area contributed by atoms with E-state index in [0.29, 0.717) is 24.5 Å². The maximum absolute atomic E-state index is 14.5. The molecule has 0 N–H and O–H groups in total. The van der Waals surface area contributed by atoms with E-state index in [1.54, 1.807) is 13.8 Å². The van der Waals surface area contributed by atoms with Crippen LogP contribution in [0.1, 0.15) is 64.2 Å². The van der Waals surface area contributed by atoms with Crippen molar-refractivity contribution in [3.05, 3.63) is 99.0 Å². The molecule has 14 heteroatoms. The van der Waals surface area contributed by atoms with Gasteiger partial charge in [-0.1, -0.05) is 11.6 Å². The average Bonchev–Trinajstić information content (AvgIpc) is 3.36. The van der Waals surface area contributed by atoms with Crippen molar-refractivity contribution in [1.82, 2.24) is 4.98 Å². The number of aromatic nitrogens is 1. The highest BCUT2D eigenvalue weighted by Crippen LogP contribution is 2.46. The van der Waals surface area contributed by atoms with Crippen LogP contribution >= 0.6 is 59.4 Å². The van der Waals surface area contributed by atoms with Gasteiger partial charge in [0.05, 0.1) is 44.2 Å². The smallest absolute Gasteiger partial charge is 0.267 e. The molecule has 212 valence electrons. The number of nitrogens with zero attached hydrogens (tertiary/aromatic N) is 2. The fourth-order valence-corrected chi connectivity index (χ4v) is 7.41. The Labute approximate surface area is 263 Å². The highest BCUT2D eigenvalue weighted by atomic mass is 79.9. The molecule has 0 radical (unpaired) electrons. The molecule has 0 saturated heterocycles. The van der Waals surface area contributed by atoms with Crippen molar-refractivity contribution in [3.8, 4) is 0 Å². The molecule has 2 aliphatic rings. The van der Waals surface area contributed by atoms with Gasteiger partial charge in [-0.3, -0.25) is 19.2 Å². The zero-order valence-electron chi connectivity index (χ0n) is 20.9. The van der Waals surface area contributed by atoms with E-state index in [1.165, 1.54) is 18.2 Å². The van der Waals surface area contributed by atoms with Gasteiger partial charge in [0, 0.05) is 18.8 Å². The van der Waals surface area contributed by atoms with Crippen LogP contribution in [0.25, 0.3) is 10.9 Å². The summed E-state index contributed by atoms with van der Waals surface area (Å²) >= 11 is 16.7. The zero-order chi connectivity index (χ0) is 30.7. The van der Waals surface area contributed by atoms with Gasteiger partial charge in [0.25, 0.3) is 11.8 Å². The van der Waals surface area contributed by atoms with Crippen molar-refractivity contribution < 1.29 is 36.7 Å². The highest BCUT2D eigenvalue weighted by molar-refractivity contribution is 9.14.